The van der Waals surface area contributed by atoms with Crippen molar-refractivity contribution in [2.24, 2.45) is 5.41 Å². The van der Waals surface area contributed by atoms with Crippen molar-refractivity contribution in [3.8, 4) is 0 Å². The molecule has 142 valence electrons. The zero-order chi connectivity index (χ0) is 18.0. The number of aromatic amines is 1. The maximum atomic E-state index is 3.85. The van der Waals surface area contributed by atoms with Gasteiger partial charge in [0.05, 0.1) is 6.04 Å². The van der Waals surface area contributed by atoms with Crippen molar-refractivity contribution in [2.75, 3.05) is 26.2 Å². The van der Waals surface area contributed by atoms with Gasteiger partial charge >= 0.3 is 0 Å². The first-order chi connectivity index (χ1) is 12.8. The third-order valence-electron chi connectivity index (χ3n) is 6.97. The average Bonchev–Trinajstić information content (AvgIpc) is 3.06. The standard InChI is InChI=1S/C23H35N3/c1-3-5-8-14-24-17-23(4-2)13-9-15-26-16-12-19-18-10-6-7-11-20(18)25-21(19)22(23)26/h6-7,10-11,22,24-25H,3-5,8-9,12-17H2,1-2H3. The summed E-state index contributed by atoms with van der Waals surface area (Å²) in [7, 11) is 0. The molecule has 0 saturated carbocycles. The molecule has 26 heavy (non-hydrogen) atoms. The van der Waals surface area contributed by atoms with Gasteiger partial charge in [0.1, 0.15) is 0 Å². The number of nitrogens with one attached hydrogen (secondary N) is 2. The summed E-state index contributed by atoms with van der Waals surface area (Å²) in [5.41, 5.74) is 4.80. The summed E-state index contributed by atoms with van der Waals surface area (Å²) in [6.07, 6.45) is 9.09. The van der Waals surface area contributed by atoms with Gasteiger partial charge in [-0.1, -0.05) is 44.9 Å². The number of H-pyrrole nitrogens is 1. The highest BCUT2D eigenvalue weighted by Gasteiger charge is 2.47. The molecule has 0 radical (unpaired) electrons. The van der Waals surface area contributed by atoms with Crippen LogP contribution in [0.4, 0.5) is 0 Å². The van der Waals surface area contributed by atoms with Gasteiger partial charge in [0, 0.05) is 35.1 Å². The Morgan fingerprint density at radius 3 is 2.92 bits per heavy atom. The molecule has 1 aromatic carbocycles. The van der Waals surface area contributed by atoms with Crippen molar-refractivity contribution >= 4 is 10.9 Å². The van der Waals surface area contributed by atoms with Gasteiger partial charge in [-0.05, 0) is 56.8 Å². The van der Waals surface area contributed by atoms with Gasteiger partial charge in [-0.25, -0.2) is 0 Å². The lowest BCUT2D eigenvalue weighted by atomic mass is 9.68. The number of hydrogen-bond donors (Lipinski definition) is 2. The quantitative estimate of drug-likeness (QED) is 0.684. The molecule has 4 rings (SSSR count). The second-order valence-electron chi connectivity index (χ2n) is 8.45. The van der Waals surface area contributed by atoms with Crippen LogP contribution in [0.5, 0.6) is 0 Å². The molecular formula is C23H35N3. The Balaban J connectivity index is 1.64. The van der Waals surface area contributed by atoms with E-state index in [1.807, 2.05) is 0 Å². The highest BCUT2D eigenvalue weighted by Crippen LogP contribution is 2.51. The molecule has 2 aromatic rings. The van der Waals surface area contributed by atoms with Crippen LogP contribution < -0.4 is 5.32 Å². The summed E-state index contributed by atoms with van der Waals surface area (Å²) in [4.78, 5) is 6.62. The van der Waals surface area contributed by atoms with E-state index in [0.29, 0.717) is 11.5 Å². The fourth-order valence-corrected chi connectivity index (χ4v) is 5.51. The monoisotopic (exact) mass is 353 g/mol. The van der Waals surface area contributed by atoms with Crippen LogP contribution >= 0.6 is 0 Å². The Hall–Kier alpha value is -1.32. The van der Waals surface area contributed by atoms with Gasteiger partial charge in [0.25, 0.3) is 0 Å². The second kappa shape index (κ2) is 7.74. The van der Waals surface area contributed by atoms with Crippen LogP contribution in [0.15, 0.2) is 24.3 Å². The van der Waals surface area contributed by atoms with Crippen LogP contribution in [-0.4, -0.2) is 36.1 Å². The van der Waals surface area contributed by atoms with Crippen molar-refractivity contribution in [3.05, 3.63) is 35.5 Å². The van der Waals surface area contributed by atoms with E-state index in [0.717, 1.165) is 6.54 Å². The van der Waals surface area contributed by atoms with Crippen LogP contribution in [0.3, 0.4) is 0 Å². The van der Waals surface area contributed by atoms with Gasteiger partial charge in [-0.15, -0.1) is 0 Å². The lowest BCUT2D eigenvalue weighted by Crippen LogP contribution is -2.53. The van der Waals surface area contributed by atoms with E-state index < -0.39 is 0 Å². The molecular weight excluding hydrogens is 318 g/mol. The van der Waals surface area contributed by atoms with E-state index in [9.17, 15) is 0 Å². The predicted molar refractivity (Wildman–Crippen MR) is 111 cm³/mol. The van der Waals surface area contributed by atoms with Crippen molar-refractivity contribution in [1.82, 2.24) is 15.2 Å². The van der Waals surface area contributed by atoms with E-state index in [1.54, 1.807) is 5.56 Å². The van der Waals surface area contributed by atoms with Gasteiger partial charge in [-0.3, -0.25) is 4.90 Å². The van der Waals surface area contributed by atoms with Crippen LogP contribution in [0.1, 0.15) is 69.7 Å². The number of benzene rings is 1. The minimum absolute atomic E-state index is 0.362. The van der Waals surface area contributed by atoms with E-state index in [2.05, 4.69) is 53.3 Å². The largest absolute Gasteiger partial charge is 0.357 e. The molecule has 2 aliphatic heterocycles. The lowest BCUT2D eigenvalue weighted by Gasteiger charge is -2.52. The van der Waals surface area contributed by atoms with E-state index >= 15 is 0 Å². The third kappa shape index (κ3) is 3.10. The van der Waals surface area contributed by atoms with Crippen molar-refractivity contribution in [3.63, 3.8) is 0 Å². The SMILES string of the molecule is CCCCCNCC1(CC)CCCN2CCc3c([nH]c4ccccc34)C21. The normalized spacial score (nSPS) is 26.0. The van der Waals surface area contributed by atoms with E-state index in [1.165, 1.54) is 81.2 Å². The lowest BCUT2D eigenvalue weighted by molar-refractivity contribution is -0.000727. The molecule has 2 N–H and O–H groups in total. The van der Waals surface area contributed by atoms with Gasteiger partial charge in [0.15, 0.2) is 0 Å². The molecule has 0 bridgehead atoms. The molecule has 3 heterocycles. The molecule has 3 nitrogen and oxygen atoms in total. The Labute approximate surface area is 158 Å². The number of piperidine rings is 1. The van der Waals surface area contributed by atoms with Crippen molar-refractivity contribution < 1.29 is 0 Å². The molecule has 2 atom stereocenters. The molecule has 2 unspecified atom stereocenters. The molecule has 0 spiro atoms. The summed E-state index contributed by atoms with van der Waals surface area (Å²) in [6.45, 7) is 9.50. The van der Waals surface area contributed by atoms with Crippen LogP contribution in [0.2, 0.25) is 0 Å². The first-order valence-corrected chi connectivity index (χ1v) is 10.8. The number of hydrogen-bond acceptors (Lipinski definition) is 2. The average molecular weight is 354 g/mol. The molecule has 0 amide bonds. The Kier molecular flexibility index (Phi) is 5.37. The number of aromatic nitrogens is 1. The van der Waals surface area contributed by atoms with E-state index in [-0.39, 0.29) is 0 Å². The molecule has 1 saturated heterocycles. The highest BCUT2D eigenvalue weighted by atomic mass is 15.2. The maximum Gasteiger partial charge on any atom is 0.0570 e. The summed E-state index contributed by atoms with van der Waals surface area (Å²) in [5, 5.41) is 5.29. The first-order valence-electron chi connectivity index (χ1n) is 10.8. The zero-order valence-corrected chi connectivity index (χ0v) is 16.6. The summed E-state index contributed by atoms with van der Waals surface area (Å²) >= 11 is 0. The third-order valence-corrected chi connectivity index (χ3v) is 6.97. The maximum absolute atomic E-state index is 3.85. The summed E-state index contributed by atoms with van der Waals surface area (Å²) in [5.74, 6) is 0. The summed E-state index contributed by atoms with van der Waals surface area (Å²) < 4.78 is 0. The fourth-order valence-electron chi connectivity index (χ4n) is 5.51. The molecule has 0 aliphatic carbocycles. The van der Waals surface area contributed by atoms with Crippen LogP contribution in [-0.2, 0) is 6.42 Å². The highest BCUT2D eigenvalue weighted by molar-refractivity contribution is 5.85. The summed E-state index contributed by atoms with van der Waals surface area (Å²) in [6, 6.07) is 9.45. The molecule has 1 aromatic heterocycles. The number of nitrogens with zero attached hydrogens (tertiary/aromatic N) is 1. The Morgan fingerprint density at radius 1 is 1.19 bits per heavy atom. The van der Waals surface area contributed by atoms with Crippen molar-refractivity contribution in [1.29, 1.82) is 0 Å². The van der Waals surface area contributed by atoms with Gasteiger partial charge in [0.2, 0.25) is 0 Å². The molecule has 1 fully saturated rings. The fraction of sp³-hybridized carbons (Fsp3) is 0.652. The van der Waals surface area contributed by atoms with Crippen LogP contribution in [0.25, 0.3) is 10.9 Å². The van der Waals surface area contributed by atoms with Gasteiger partial charge < -0.3 is 10.3 Å². The number of unbranched alkanes of at least 4 members (excludes halogenated alkanes) is 2. The Bertz CT molecular complexity index is 734. The molecule has 2 aliphatic rings. The topological polar surface area (TPSA) is 31.1 Å². The van der Waals surface area contributed by atoms with Crippen LogP contribution in [0, 0.1) is 5.41 Å². The minimum atomic E-state index is 0.362. The smallest absolute Gasteiger partial charge is 0.0570 e. The molecule has 3 heteroatoms. The Morgan fingerprint density at radius 2 is 2.08 bits per heavy atom. The van der Waals surface area contributed by atoms with E-state index in [4.69, 9.17) is 0 Å². The number of rotatable bonds is 7. The number of para-hydroxylation sites is 1. The predicted octanol–water partition coefficient (Wildman–Crippen LogP) is 5.04. The van der Waals surface area contributed by atoms with Gasteiger partial charge in [-0.2, -0.15) is 0 Å². The second-order valence-corrected chi connectivity index (χ2v) is 8.45. The van der Waals surface area contributed by atoms with Crippen molar-refractivity contribution in [2.45, 2.75) is 64.8 Å². The minimum Gasteiger partial charge on any atom is -0.357 e. The first kappa shape index (κ1) is 18.1. The number of fused-ring (bicyclic) bond motifs is 5. The zero-order valence-electron chi connectivity index (χ0n) is 16.6.